The standard InChI is InChI=1S/C30H35N3O8S/c1-9-39-26(36)23-17(2)22-24(35)32(16-21(34)40-29(3,4)5)27(37)33(25(22)42-23)15-18-10-11-20-19(14-18)12-13-31(20)28(38)41-30(6,7)8/h10-14H,9,15-16H2,1-8H3. The van der Waals surface area contributed by atoms with E-state index in [1.165, 1.54) is 9.13 Å². The van der Waals surface area contributed by atoms with Crippen LogP contribution >= 0.6 is 11.3 Å². The molecular weight excluding hydrogens is 562 g/mol. The average Bonchev–Trinajstić information content (AvgIpc) is 3.43. The molecule has 0 fully saturated rings. The van der Waals surface area contributed by atoms with Crippen LogP contribution in [0.5, 0.6) is 0 Å². The summed E-state index contributed by atoms with van der Waals surface area (Å²) < 4.78 is 19.6. The molecule has 0 saturated carbocycles. The fourth-order valence-electron chi connectivity index (χ4n) is 4.51. The average molecular weight is 598 g/mol. The number of carbonyl (C=O) groups is 3. The van der Waals surface area contributed by atoms with Gasteiger partial charge >= 0.3 is 23.7 Å². The van der Waals surface area contributed by atoms with E-state index in [9.17, 15) is 24.0 Å². The molecule has 224 valence electrons. The van der Waals surface area contributed by atoms with Crippen LogP contribution in [-0.2, 0) is 32.1 Å². The van der Waals surface area contributed by atoms with Crippen LogP contribution in [0.25, 0.3) is 21.1 Å². The molecule has 0 bridgehead atoms. The molecular formula is C30H35N3O8S. The summed E-state index contributed by atoms with van der Waals surface area (Å²) in [6.07, 6.45) is 1.10. The molecule has 0 spiro atoms. The fraction of sp³-hybridized carbons (Fsp3) is 0.433. The van der Waals surface area contributed by atoms with Crippen LogP contribution in [0.4, 0.5) is 4.79 Å². The Bertz CT molecular complexity index is 1830. The maximum absolute atomic E-state index is 13.8. The first kappa shape index (κ1) is 30.8. The lowest BCUT2D eigenvalue weighted by Crippen LogP contribution is -2.42. The summed E-state index contributed by atoms with van der Waals surface area (Å²) >= 11 is 0.994. The van der Waals surface area contributed by atoms with Crippen molar-refractivity contribution in [1.82, 2.24) is 13.7 Å². The van der Waals surface area contributed by atoms with Crippen molar-refractivity contribution in [1.29, 1.82) is 0 Å². The number of hydrogen-bond acceptors (Lipinski definition) is 9. The highest BCUT2D eigenvalue weighted by molar-refractivity contribution is 7.20. The van der Waals surface area contributed by atoms with E-state index in [1.54, 1.807) is 79.8 Å². The number of carbonyl (C=O) groups excluding carboxylic acids is 3. The Labute approximate surface area is 246 Å². The maximum Gasteiger partial charge on any atom is 0.418 e. The minimum absolute atomic E-state index is 0.0275. The van der Waals surface area contributed by atoms with Crippen molar-refractivity contribution in [2.24, 2.45) is 0 Å². The largest absolute Gasteiger partial charge is 0.462 e. The first-order valence-corrected chi connectivity index (χ1v) is 14.3. The van der Waals surface area contributed by atoms with Gasteiger partial charge in [0.15, 0.2) is 0 Å². The monoisotopic (exact) mass is 597 g/mol. The van der Waals surface area contributed by atoms with Crippen molar-refractivity contribution < 1.29 is 28.6 Å². The van der Waals surface area contributed by atoms with Crippen LogP contribution in [0.3, 0.4) is 0 Å². The summed E-state index contributed by atoms with van der Waals surface area (Å²) in [6, 6.07) is 7.10. The smallest absolute Gasteiger partial charge is 0.418 e. The van der Waals surface area contributed by atoms with Gasteiger partial charge in [0.2, 0.25) is 0 Å². The topological polar surface area (TPSA) is 128 Å². The SMILES string of the molecule is CCOC(=O)c1sc2c(c1C)c(=O)n(CC(=O)OC(C)(C)C)c(=O)n2Cc1ccc2c(ccn2C(=O)OC(C)(C)C)c1. The number of thiophene rings is 1. The van der Waals surface area contributed by atoms with Gasteiger partial charge in [-0.05, 0) is 84.7 Å². The van der Waals surface area contributed by atoms with Crippen molar-refractivity contribution in [3.8, 4) is 0 Å². The van der Waals surface area contributed by atoms with Crippen molar-refractivity contribution >= 4 is 50.5 Å². The first-order chi connectivity index (χ1) is 19.5. The second-order valence-electron chi connectivity index (χ2n) is 11.9. The Morgan fingerprint density at radius 3 is 2.21 bits per heavy atom. The van der Waals surface area contributed by atoms with Gasteiger partial charge in [0.05, 0.1) is 24.1 Å². The predicted octanol–water partition coefficient (Wildman–Crippen LogP) is 4.84. The highest BCUT2D eigenvalue weighted by Crippen LogP contribution is 2.29. The second-order valence-corrected chi connectivity index (χ2v) is 12.9. The highest BCUT2D eigenvalue weighted by Gasteiger charge is 2.26. The summed E-state index contributed by atoms with van der Waals surface area (Å²) in [4.78, 5) is 65.8. The van der Waals surface area contributed by atoms with E-state index in [2.05, 4.69) is 0 Å². The van der Waals surface area contributed by atoms with Gasteiger partial charge in [0, 0.05) is 11.6 Å². The number of ether oxygens (including phenoxy) is 3. The Hall–Kier alpha value is -4.19. The van der Waals surface area contributed by atoms with Gasteiger partial charge in [-0.1, -0.05) is 6.07 Å². The molecule has 4 rings (SSSR count). The number of rotatable bonds is 6. The number of aryl methyl sites for hydroxylation is 1. The summed E-state index contributed by atoms with van der Waals surface area (Å²) in [5.74, 6) is -1.34. The molecule has 3 aromatic heterocycles. The van der Waals surface area contributed by atoms with E-state index >= 15 is 0 Å². The number of benzene rings is 1. The Kier molecular flexibility index (Phi) is 8.23. The fourth-order valence-corrected chi connectivity index (χ4v) is 5.70. The molecule has 11 nitrogen and oxygen atoms in total. The second kappa shape index (κ2) is 11.2. The number of aromatic nitrogens is 3. The maximum atomic E-state index is 13.8. The first-order valence-electron chi connectivity index (χ1n) is 13.5. The van der Waals surface area contributed by atoms with E-state index in [4.69, 9.17) is 14.2 Å². The predicted molar refractivity (Wildman–Crippen MR) is 160 cm³/mol. The van der Waals surface area contributed by atoms with Gasteiger partial charge in [0.1, 0.15) is 27.5 Å². The molecule has 0 aliphatic carbocycles. The zero-order valence-corrected chi connectivity index (χ0v) is 25.8. The molecule has 0 radical (unpaired) electrons. The molecule has 3 heterocycles. The molecule has 0 aliphatic heterocycles. The van der Waals surface area contributed by atoms with Crippen molar-refractivity contribution in [2.75, 3.05) is 6.61 Å². The molecule has 0 aliphatic rings. The Morgan fingerprint density at radius 2 is 1.60 bits per heavy atom. The van der Waals surface area contributed by atoms with Gasteiger partial charge in [0.25, 0.3) is 5.56 Å². The molecule has 1 aromatic carbocycles. The molecule has 0 saturated heterocycles. The van der Waals surface area contributed by atoms with E-state index in [-0.39, 0.29) is 28.2 Å². The zero-order valence-electron chi connectivity index (χ0n) is 25.0. The highest BCUT2D eigenvalue weighted by atomic mass is 32.1. The lowest BCUT2D eigenvalue weighted by Gasteiger charge is -2.20. The van der Waals surface area contributed by atoms with Crippen LogP contribution in [-0.4, -0.2) is 49.5 Å². The van der Waals surface area contributed by atoms with E-state index in [1.807, 2.05) is 6.07 Å². The van der Waals surface area contributed by atoms with E-state index in [0.717, 1.165) is 21.3 Å². The Morgan fingerprint density at radius 1 is 0.929 bits per heavy atom. The normalized spacial score (nSPS) is 12.1. The minimum Gasteiger partial charge on any atom is -0.462 e. The van der Waals surface area contributed by atoms with Gasteiger partial charge in [-0.2, -0.15) is 0 Å². The molecule has 0 N–H and O–H groups in total. The lowest BCUT2D eigenvalue weighted by atomic mass is 10.1. The lowest BCUT2D eigenvalue weighted by molar-refractivity contribution is -0.155. The summed E-state index contributed by atoms with van der Waals surface area (Å²) in [5.41, 5.74) is -1.20. The summed E-state index contributed by atoms with van der Waals surface area (Å²) in [7, 11) is 0. The molecule has 42 heavy (non-hydrogen) atoms. The third-order valence-electron chi connectivity index (χ3n) is 6.15. The Balaban J connectivity index is 1.84. The van der Waals surface area contributed by atoms with Crippen molar-refractivity contribution in [3.63, 3.8) is 0 Å². The quantitative estimate of drug-likeness (QED) is 0.228. The zero-order chi connectivity index (χ0) is 31.1. The van der Waals surface area contributed by atoms with Crippen molar-refractivity contribution in [2.45, 2.75) is 79.7 Å². The molecule has 0 unspecified atom stereocenters. The van der Waals surface area contributed by atoms with Crippen LogP contribution in [0.1, 0.15) is 69.3 Å². The van der Waals surface area contributed by atoms with Crippen molar-refractivity contribution in [3.05, 3.63) is 67.3 Å². The number of nitrogens with zero attached hydrogens (tertiary/aromatic N) is 3. The van der Waals surface area contributed by atoms with Crippen LogP contribution in [0.2, 0.25) is 0 Å². The van der Waals surface area contributed by atoms with Gasteiger partial charge in [-0.15, -0.1) is 11.3 Å². The van der Waals surface area contributed by atoms with Gasteiger partial charge in [-0.3, -0.25) is 18.7 Å². The van der Waals surface area contributed by atoms with Crippen LogP contribution in [0, 0.1) is 6.92 Å². The third-order valence-corrected chi connectivity index (χ3v) is 7.44. The molecule has 12 heteroatoms. The summed E-state index contributed by atoms with van der Waals surface area (Å²) in [6.45, 7) is 13.3. The van der Waals surface area contributed by atoms with Crippen LogP contribution < -0.4 is 11.2 Å². The molecule has 4 aromatic rings. The molecule has 0 amide bonds. The minimum atomic E-state index is -0.815. The third kappa shape index (κ3) is 6.33. The molecule has 0 atom stereocenters. The number of fused-ring (bicyclic) bond motifs is 2. The summed E-state index contributed by atoms with van der Waals surface area (Å²) in [5, 5.41) is 0.891. The number of hydrogen-bond donors (Lipinski definition) is 0. The van der Waals surface area contributed by atoms with Gasteiger partial charge < -0.3 is 14.2 Å². The van der Waals surface area contributed by atoms with E-state index in [0.29, 0.717) is 16.6 Å². The number of esters is 2. The van der Waals surface area contributed by atoms with E-state index < -0.39 is 47.0 Å². The van der Waals surface area contributed by atoms with Gasteiger partial charge in [-0.25, -0.2) is 19.0 Å². The van der Waals surface area contributed by atoms with Crippen LogP contribution in [0.15, 0.2) is 40.1 Å².